The van der Waals surface area contributed by atoms with E-state index in [9.17, 15) is 9.18 Å². The van der Waals surface area contributed by atoms with Crippen LogP contribution in [0.25, 0.3) is 0 Å². The topological polar surface area (TPSA) is 64.3 Å². The fourth-order valence-electron chi connectivity index (χ4n) is 1.74. The van der Waals surface area contributed by atoms with Gasteiger partial charge in [-0.2, -0.15) is 0 Å². The Morgan fingerprint density at radius 2 is 1.86 bits per heavy atom. The van der Waals surface area contributed by atoms with E-state index in [1.54, 1.807) is 6.07 Å². The van der Waals surface area contributed by atoms with Gasteiger partial charge < -0.3 is 4.74 Å². The zero-order valence-corrected chi connectivity index (χ0v) is 12.7. The van der Waals surface area contributed by atoms with Crippen molar-refractivity contribution < 1.29 is 13.9 Å². The number of hydrazine groups is 1. The monoisotopic (exact) mass is 352 g/mol. The number of nitrogens with one attached hydrogen (secondary N) is 1. The molecule has 0 bridgehead atoms. The number of hydrogen-bond acceptors (Lipinski definition) is 3. The Morgan fingerprint density at radius 3 is 2.48 bits per heavy atom. The summed E-state index contributed by atoms with van der Waals surface area (Å²) < 4.78 is 19.1. The van der Waals surface area contributed by atoms with Crippen LogP contribution in [0.1, 0.15) is 11.1 Å². The van der Waals surface area contributed by atoms with Gasteiger partial charge in [-0.05, 0) is 45.3 Å². The molecule has 0 saturated heterocycles. The van der Waals surface area contributed by atoms with Crippen LogP contribution in [0.2, 0.25) is 0 Å². The minimum absolute atomic E-state index is 0.237. The van der Waals surface area contributed by atoms with Gasteiger partial charge in [0.25, 0.3) is 0 Å². The zero-order valence-electron chi connectivity index (χ0n) is 11.1. The largest absolute Gasteiger partial charge is 0.488 e. The van der Waals surface area contributed by atoms with Gasteiger partial charge in [0.1, 0.15) is 18.2 Å². The predicted octanol–water partition coefficient (Wildman–Crippen LogP) is 2.70. The van der Waals surface area contributed by atoms with Crippen molar-refractivity contribution in [1.82, 2.24) is 5.43 Å². The van der Waals surface area contributed by atoms with Gasteiger partial charge in [0.2, 0.25) is 5.91 Å². The van der Waals surface area contributed by atoms with Crippen molar-refractivity contribution in [3.05, 3.63) is 63.9 Å². The average Bonchev–Trinajstić information content (AvgIpc) is 2.48. The molecule has 2 aromatic rings. The highest BCUT2D eigenvalue weighted by Crippen LogP contribution is 2.26. The number of halogens is 2. The van der Waals surface area contributed by atoms with Gasteiger partial charge in [0.15, 0.2) is 0 Å². The third kappa shape index (κ3) is 4.54. The summed E-state index contributed by atoms with van der Waals surface area (Å²) in [5, 5.41) is 0. The summed E-state index contributed by atoms with van der Waals surface area (Å²) in [7, 11) is 0. The van der Waals surface area contributed by atoms with Crippen molar-refractivity contribution >= 4 is 21.8 Å². The highest BCUT2D eigenvalue weighted by molar-refractivity contribution is 9.10. The lowest BCUT2D eigenvalue weighted by molar-refractivity contribution is -0.120. The maximum atomic E-state index is 13.0. The van der Waals surface area contributed by atoms with E-state index in [2.05, 4.69) is 21.4 Å². The quantitative estimate of drug-likeness (QED) is 0.494. The second-order valence-electron chi connectivity index (χ2n) is 4.42. The van der Waals surface area contributed by atoms with Crippen LogP contribution in [0.15, 0.2) is 46.9 Å². The summed E-state index contributed by atoms with van der Waals surface area (Å²) in [6.45, 7) is 0.355. The molecule has 4 nitrogen and oxygen atoms in total. The molecule has 0 heterocycles. The summed E-state index contributed by atoms with van der Waals surface area (Å²) in [5.74, 6) is 5.04. The van der Waals surface area contributed by atoms with Crippen molar-refractivity contribution in [3.63, 3.8) is 0 Å². The van der Waals surface area contributed by atoms with Gasteiger partial charge in [0.05, 0.1) is 10.9 Å². The molecule has 6 heteroatoms. The summed E-state index contributed by atoms with van der Waals surface area (Å²) in [6, 6.07) is 11.7. The Balaban J connectivity index is 1.96. The van der Waals surface area contributed by atoms with Crippen molar-refractivity contribution in [2.45, 2.75) is 13.0 Å². The lowest BCUT2D eigenvalue weighted by Gasteiger charge is -2.09. The molecule has 1 amide bonds. The summed E-state index contributed by atoms with van der Waals surface area (Å²) in [5.41, 5.74) is 3.90. The lowest BCUT2D eigenvalue weighted by Crippen LogP contribution is -2.31. The first-order valence-electron chi connectivity index (χ1n) is 6.23. The van der Waals surface area contributed by atoms with E-state index in [1.807, 2.05) is 24.3 Å². The maximum Gasteiger partial charge on any atom is 0.238 e. The summed E-state index contributed by atoms with van der Waals surface area (Å²) in [4.78, 5) is 11.1. The van der Waals surface area contributed by atoms with E-state index in [1.165, 1.54) is 12.1 Å². The second kappa shape index (κ2) is 7.19. The lowest BCUT2D eigenvalue weighted by atomic mass is 10.1. The van der Waals surface area contributed by atoms with Crippen LogP contribution >= 0.6 is 15.9 Å². The minimum Gasteiger partial charge on any atom is -0.488 e. The van der Waals surface area contributed by atoms with E-state index < -0.39 is 0 Å². The summed E-state index contributed by atoms with van der Waals surface area (Å²) in [6.07, 6.45) is 0.237. The second-order valence-corrected chi connectivity index (χ2v) is 5.28. The van der Waals surface area contributed by atoms with Crippen molar-refractivity contribution in [3.8, 4) is 5.75 Å². The van der Waals surface area contributed by atoms with E-state index in [4.69, 9.17) is 10.6 Å². The predicted molar refractivity (Wildman–Crippen MR) is 80.9 cm³/mol. The highest BCUT2D eigenvalue weighted by Gasteiger charge is 2.04. The van der Waals surface area contributed by atoms with Crippen LogP contribution in [-0.4, -0.2) is 5.91 Å². The molecule has 0 radical (unpaired) electrons. The van der Waals surface area contributed by atoms with E-state index in [0.29, 0.717) is 16.8 Å². The summed E-state index contributed by atoms with van der Waals surface area (Å²) >= 11 is 3.25. The molecular weight excluding hydrogens is 339 g/mol. The molecule has 0 aliphatic carbocycles. The Bertz CT molecular complexity index is 632. The molecule has 0 aromatic heterocycles. The first-order valence-corrected chi connectivity index (χ1v) is 7.03. The standard InChI is InChI=1S/C15H14BrFN2O2/c16-13-8-12(17)5-6-14(13)21-9-11-3-1-10(2-4-11)7-15(20)19-18/h1-6,8H,7,9,18H2,(H,19,20). The molecule has 0 unspecified atom stereocenters. The van der Waals surface area contributed by atoms with Crippen molar-refractivity contribution in [2.75, 3.05) is 0 Å². The average molecular weight is 353 g/mol. The molecule has 2 rings (SSSR count). The number of carbonyl (C=O) groups excluding carboxylic acids is 1. The van der Waals surface area contributed by atoms with Crippen LogP contribution in [0.3, 0.4) is 0 Å². The number of ether oxygens (including phenoxy) is 1. The number of nitrogens with two attached hydrogens (primary N) is 1. The fourth-order valence-corrected chi connectivity index (χ4v) is 2.21. The zero-order chi connectivity index (χ0) is 15.2. The van der Waals surface area contributed by atoms with Gasteiger partial charge in [0, 0.05) is 0 Å². The van der Waals surface area contributed by atoms with Crippen LogP contribution in [0.5, 0.6) is 5.75 Å². The maximum absolute atomic E-state index is 13.0. The van der Waals surface area contributed by atoms with E-state index >= 15 is 0 Å². The molecule has 0 saturated carbocycles. The number of benzene rings is 2. The smallest absolute Gasteiger partial charge is 0.238 e. The van der Waals surface area contributed by atoms with Gasteiger partial charge in [-0.3, -0.25) is 10.2 Å². The molecule has 0 aliphatic rings. The highest BCUT2D eigenvalue weighted by atomic mass is 79.9. The van der Waals surface area contributed by atoms with Crippen LogP contribution < -0.4 is 16.0 Å². The Labute approximate surface area is 130 Å². The molecule has 3 N–H and O–H groups in total. The molecule has 21 heavy (non-hydrogen) atoms. The van der Waals surface area contributed by atoms with Crippen LogP contribution in [-0.2, 0) is 17.8 Å². The van der Waals surface area contributed by atoms with Gasteiger partial charge in [-0.25, -0.2) is 10.2 Å². The first kappa shape index (κ1) is 15.5. The third-order valence-electron chi connectivity index (χ3n) is 2.84. The molecule has 110 valence electrons. The number of carbonyl (C=O) groups is 1. The Hall–Kier alpha value is -1.92. The molecule has 2 aromatic carbocycles. The normalized spacial score (nSPS) is 10.2. The third-order valence-corrected chi connectivity index (χ3v) is 3.46. The van der Waals surface area contributed by atoms with Gasteiger partial charge in [-0.1, -0.05) is 24.3 Å². The fraction of sp³-hybridized carbons (Fsp3) is 0.133. The van der Waals surface area contributed by atoms with Gasteiger partial charge in [-0.15, -0.1) is 0 Å². The van der Waals surface area contributed by atoms with Gasteiger partial charge >= 0.3 is 0 Å². The Kier molecular flexibility index (Phi) is 5.30. The number of amides is 1. The number of rotatable bonds is 5. The van der Waals surface area contributed by atoms with Crippen molar-refractivity contribution in [2.24, 2.45) is 5.84 Å². The van der Waals surface area contributed by atoms with Crippen LogP contribution in [0, 0.1) is 5.82 Å². The van der Waals surface area contributed by atoms with E-state index in [0.717, 1.165) is 11.1 Å². The molecule has 0 aliphatic heterocycles. The number of hydrogen-bond donors (Lipinski definition) is 2. The molecule has 0 atom stereocenters. The van der Waals surface area contributed by atoms with E-state index in [-0.39, 0.29) is 18.1 Å². The minimum atomic E-state index is -0.322. The first-order chi connectivity index (χ1) is 10.1. The molecule has 0 fully saturated rings. The van der Waals surface area contributed by atoms with Crippen LogP contribution in [0.4, 0.5) is 4.39 Å². The van der Waals surface area contributed by atoms with Crippen molar-refractivity contribution in [1.29, 1.82) is 0 Å². The SMILES string of the molecule is NNC(=O)Cc1ccc(COc2ccc(F)cc2Br)cc1. The Morgan fingerprint density at radius 1 is 1.19 bits per heavy atom. The molecule has 0 spiro atoms. The molecular formula is C15H14BrFN2O2.